The lowest BCUT2D eigenvalue weighted by Gasteiger charge is -2.06. The highest BCUT2D eigenvalue weighted by molar-refractivity contribution is 6.02. The zero-order chi connectivity index (χ0) is 19.9. The molecule has 28 heavy (non-hydrogen) atoms. The van der Waals surface area contributed by atoms with Crippen molar-refractivity contribution in [1.82, 2.24) is 14.7 Å². The summed E-state index contributed by atoms with van der Waals surface area (Å²) >= 11 is 0. The Bertz CT molecular complexity index is 1180. The van der Waals surface area contributed by atoms with Crippen molar-refractivity contribution in [3.8, 4) is 17.1 Å². The summed E-state index contributed by atoms with van der Waals surface area (Å²) in [6, 6.07) is 13.2. The molecule has 0 saturated heterocycles. The van der Waals surface area contributed by atoms with E-state index in [2.05, 4.69) is 14.7 Å². The monoisotopic (exact) mass is 387 g/mol. The molecule has 0 N–H and O–H groups in total. The molecule has 4 aromatic rings. The maximum atomic E-state index is 12.8. The molecule has 142 valence electrons. The number of fused-ring (bicyclic) bond motifs is 1. The summed E-state index contributed by atoms with van der Waals surface area (Å²) in [6.45, 7) is 0. The molecule has 9 heteroatoms. The van der Waals surface area contributed by atoms with Crippen molar-refractivity contribution in [2.45, 2.75) is 6.18 Å². The lowest BCUT2D eigenvalue weighted by atomic mass is 10.1. The number of hydrogen-bond donors (Lipinski definition) is 0. The van der Waals surface area contributed by atoms with Gasteiger partial charge in [0.15, 0.2) is 0 Å². The summed E-state index contributed by atoms with van der Waals surface area (Å²) in [5, 5.41) is 4.02. The summed E-state index contributed by atoms with van der Waals surface area (Å²) in [5.74, 6) is -1.29. The van der Waals surface area contributed by atoms with Crippen LogP contribution in [-0.4, -0.2) is 27.7 Å². The maximum Gasteiger partial charge on any atom is 0.471 e. The van der Waals surface area contributed by atoms with Gasteiger partial charge in [-0.2, -0.15) is 18.2 Å². The van der Waals surface area contributed by atoms with E-state index in [1.165, 1.54) is 17.7 Å². The van der Waals surface area contributed by atoms with Crippen molar-refractivity contribution >= 4 is 16.8 Å². The highest BCUT2D eigenvalue weighted by Crippen LogP contribution is 2.30. The summed E-state index contributed by atoms with van der Waals surface area (Å²) < 4.78 is 48.7. The highest BCUT2D eigenvalue weighted by atomic mass is 19.4. The van der Waals surface area contributed by atoms with E-state index in [1.54, 1.807) is 48.7 Å². The number of ether oxygens (including phenoxy) is 1. The molecule has 6 nitrogen and oxygen atoms in total. The molecule has 0 radical (unpaired) electrons. The lowest BCUT2D eigenvalue weighted by molar-refractivity contribution is -0.159. The quantitative estimate of drug-likeness (QED) is 0.521. The van der Waals surface area contributed by atoms with Gasteiger partial charge in [-0.05, 0) is 42.5 Å². The standard InChI is InChI=1S/C19H12F3N3O3/c1-27-14-4-2-3-13(10-14)17(26)25-8-7-11-9-12(5-6-15(11)25)16-23-18(28-24-16)19(20,21)22/h2-10H,1H3. The zero-order valence-corrected chi connectivity index (χ0v) is 14.4. The first-order valence-corrected chi connectivity index (χ1v) is 8.08. The van der Waals surface area contributed by atoms with E-state index < -0.39 is 12.1 Å². The molecule has 0 fully saturated rings. The van der Waals surface area contributed by atoms with Crippen molar-refractivity contribution in [3.05, 3.63) is 66.2 Å². The zero-order valence-electron chi connectivity index (χ0n) is 14.4. The maximum absolute atomic E-state index is 12.8. The molecule has 0 amide bonds. The van der Waals surface area contributed by atoms with Crippen LogP contribution in [0.4, 0.5) is 13.2 Å². The minimum absolute atomic E-state index is 0.180. The van der Waals surface area contributed by atoms with E-state index in [0.29, 0.717) is 27.8 Å². The topological polar surface area (TPSA) is 70.2 Å². The number of alkyl halides is 3. The molecular formula is C19H12F3N3O3. The first kappa shape index (κ1) is 17.8. The fourth-order valence-electron chi connectivity index (χ4n) is 2.81. The fourth-order valence-corrected chi connectivity index (χ4v) is 2.81. The van der Waals surface area contributed by atoms with Crippen LogP contribution in [0, 0.1) is 0 Å². The summed E-state index contributed by atoms with van der Waals surface area (Å²) in [4.78, 5) is 16.2. The number of carbonyl (C=O) groups excluding carboxylic acids is 1. The Morgan fingerprint density at radius 3 is 2.68 bits per heavy atom. The molecular weight excluding hydrogens is 375 g/mol. The Kier molecular flexibility index (Phi) is 4.14. The second kappa shape index (κ2) is 6.52. The molecule has 0 aliphatic rings. The molecule has 2 heterocycles. The van der Waals surface area contributed by atoms with Crippen LogP contribution in [0.3, 0.4) is 0 Å². The summed E-state index contributed by atoms with van der Waals surface area (Å²) in [6.07, 6.45) is -3.12. The van der Waals surface area contributed by atoms with Gasteiger partial charge in [-0.1, -0.05) is 11.2 Å². The molecule has 0 spiro atoms. The van der Waals surface area contributed by atoms with E-state index >= 15 is 0 Å². The third-order valence-corrected chi connectivity index (χ3v) is 4.15. The molecule has 0 unspecified atom stereocenters. The average molecular weight is 387 g/mol. The van der Waals surface area contributed by atoms with Crippen LogP contribution in [0.2, 0.25) is 0 Å². The van der Waals surface area contributed by atoms with Crippen molar-refractivity contribution in [1.29, 1.82) is 0 Å². The predicted octanol–water partition coefficient (Wildman–Crippen LogP) is 4.41. The van der Waals surface area contributed by atoms with Crippen molar-refractivity contribution in [2.75, 3.05) is 7.11 Å². The molecule has 0 atom stereocenters. The number of carbonyl (C=O) groups is 1. The van der Waals surface area contributed by atoms with Crippen LogP contribution in [0.15, 0.2) is 59.3 Å². The number of rotatable bonds is 3. The number of hydrogen-bond acceptors (Lipinski definition) is 5. The SMILES string of the molecule is COc1cccc(C(=O)n2ccc3cc(-c4noc(C(F)(F)F)n4)ccc32)c1. The van der Waals surface area contributed by atoms with Crippen LogP contribution in [0.5, 0.6) is 5.75 Å². The van der Waals surface area contributed by atoms with Gasteiger partial charge in [0.05, 0.1) is 12.6 Å². The van der Waals surface area contributed by atoms with Gasteiger partial charge in [-0.15, -0.1) is 0 Å². The second-order valence-electron chi connectivity index (χ2n) is 5.92. The smallest absolute Gasteiger partial charge is 0.471 e. The third kappa shape index (κ3) is 3.11. The van der Waals surface area contributed by atoms with Crippen molar-refractivity contribution < 1.29 is 27.2 Å². The fraction of sp³-hybridized carbons (Fsp3) is 0.105. The number of nitrogens with zero attached hydrogens (tertiary/aromatic N) is 3. The van der Waals surface area contributed by atoms with Crippen LogP contribution < -0.4 is 4.74 Å². The minimum atomic E-state index is -4.71. The summed E-state index contributed by atoms with van der Waals surface area (Å²) in [5.41, 5.74) is 1.38. The summed E-state index contributed by atoms with van der Waals surface area (Å²) in [7, 11) is 1.51. The Morgan fingerprint density at radius 2 is 1.96 bits per heavy atom. The van der Waals surface area contributed by atoms with Gasteiger partial charge in [0.25, 0.3) is 5.91 Å². The van der Waals surface area contributed by atoms with Gasteiger partial charge in [0, 0.05) is 22.7 Å². The highest BCUT2D eigenvalue weighted by Gasteiger charge is 2.38. The van der Waals surface area contributed by atoms with E-state index in [1.807, 2.05) is 0 Å². The Balaban J connectivity index is 1.70. The van der Waals surface area contributed by atoms with Crippen molar-refractivity contribution in [3.63, 3.8) is 0 Å². The molecule has 2 aromatic heterocycles. The molecule has 0 aliphatic heterocycles. The molecule has 2 aromatic carbocycles. The van der Waals surface area contributed by atoms with E-state index in [0.717, 1.165) is 0 Å². The van der Waals surface area contributed by atoms with Gasteiger partial charge in [0.2, 0.25) is 5.82 Å². The molecule has 0 aliphatic carbocycles. The van der Waals surface area contributed by atoms with Gasteiger partial charge in [0.1, 0.15) is 5.75 Å². The van der Waals surface area contributed by atoms with E-state index in [9.17, 15) is 18.0 Å². The minimum Gasteiger partial charge on any atom is -0.497 e. The number of halogens is 3. The van der Waals surface area contributed by atoms with Crippen LogP contribution in [-0.2, 0) is 6.18 Å². The van der Waals surface area contributed by atoms with Gasteiger partial charge < -0.3 is 9.26 Å². The predicted molar refractivity (Wildman–Crippen MR) is 93.0 cm³/mol. The van der Waals surface area contributed by atoms with Gasteiger partial charge >= 0.3 is 12.1 Å². The number of aromatic nitrogens is 3. The molecule has 0 saturated carbocycles. The largest absolute Gasteiger partial charge is 0.497 e. The first-order valence-electron chi connectivity index (χ1n) is 8.08. The number of benzene rings is 2. The first-order chi connectivity index (χ1) is 13.4. The Labute approximate surface area is 156 Å². The normalized spacial score (nSPS) is 11.7. The van der Waals surface area contributed by atoms with Gasteiger partial charge in [-0.25, -0.2) is 0 Å². The van der Waals surface area contributed by atoms with Crippen molar-refractivity contribution in [2.24, 2.45) is 0 Å². The Morgan fingerprint density at radius 1 is 1.14 bits per heavy atom. The Hall–Kier alpha value is -3.62. The molecule has 0 bridgehead atoms. The van der Waals surface area contributed by atoms with E-state index in [4.69, 9.17) is 4.74 Å². The lowest BCUT2D eigenvalue weighted by Crippen LogP contribution is -2.10. The van der Waals surface area contributed by atoms with Crippen LogP contribution in [0.1, 0.15) is 16.2 Å². The van der Waals surface area contributed by atoms with Gasteiger partial charge in [-0.3, -0.25) is 9.36 Å². The molecule has 4 rings (SSSR count). The number of methoxy groups -OCH3 is 1. The average Bonchev–Trinajstić information content (AvgIpc) is 3.34. The second-order valence-corrected chi connectivity index (χ2v) is 5.92. The van der Waals surface area contributed by atoms with Crippen LogP contribution >= 0.6 is 0 Å². The van der Waals surface area contributed by atoms with Crippen LogP contribution in [0.25, 0.3) is 22.3 Å². The third-order valence-electron chi connectivity index (χ3n) is 4.15. The van der Waals surface area contributed by atoms with E-state index in [-0.39, 0.29) is 11.7 Å².